The van der Waals surface area contributed by atoms with Crippen LogP contribution in [0.5, 0.6) is 0 Å². The molecule has 0 aliphatic heterocycles. The van der Waals surface area contributed by atoms with Crippen molar-refractivity contribution in [3.05, 3.63) is 0 Å². The molecule has 4 nitrogen and oxygen atoms in total. The topological polar surface area (TPSA) is 57.6 Å². The normalized spacial score (nSPS) is 9.27. The zero-order valence-electron chi connectivity index (χ0n) is 6.21. The van der Waals surface area contributed by atoms with Crippen molar-refractivity contribution in [3.63, 3.8) is 0 Å². The summed E-state index contributed by atoms with van der Waals surface area (Å²) in [4.78, 5) is 21.6. The van der Waals surface area contributed by atoms with Crippen molar-refractivity contribution in [3.8, 4) is 0 Å². The molecule has 0 aromatic carbocycles. The van der Waals surface area contributed by atoms with Crippen LogP contribution in [0.15, 0.2) is 0 Å². The number of carboxylic acid groups (broad SMARTS) is 1. The zero-order chi connectivity index (χ0) is 8.85. The molecule has 0 heterocycles. The molecule has 1 N–H and O–H groups in total. The van der Waals surface area contributed by atoms with Gasteiger partial charge in [0.25, 0.3) is 5.91 Å². The average Bonchev–Trinajstić information content (AvgIpc) is 1.98. The molecule has 0 atom stereocenters. The quantitative estimate of drug-likeness (QED) is 0.629. The van der Waals surface area contributed by atoms with E-state index in [2.05, 4.69) is 0 Å². The lowest BCUT2D eigenvalue weighted by molar-refractivity contribution is -0.144. The highest BCUT2D eigenvalue weighted by atomic mass is 19.1. The number of hydrogen-bond donors (Lipinski definition) is 1. The summed E-state index contributed by atoms with van der Waals surface area (Å²) >= 11 is 0. The van der Waals surface area contributed by atoms with Crippen LogP contribution in [0.1, 0.15) is 6.92 Å². The number of alkyl halides is 1. The summed E-state index contributed by atoms with van der Waals surface area (Å²) in [7, 11) is 0. The van der Waals surface area contributed by atoms with Crippen LogP contribution < -0.4 is 0 Å². The molecule has 0 aliphatic rings. The summed E-state index contributed by atoms with van der Waals surface area (Å²) < 4.78 is 11.7. The van der Waals surface area contributed by atoms with E-state index >= 15 is 0 Å². The van der Waals surface area contributed by atoms with Crippen LogP contribution in [0, 0.1) is 0 Å². The molecule has 11 heavy (non-hydrogen) atoms. The smallest absolute Gasteiger partial charge is 0.323 e. The molecule has 0 saturated heterocycles. The molecule has 0 rings (SSSR count). The Labute approximate surface area is 63.6 Å². The van der Waals surface area contributed by atoms with Gasteiger partial charge in [0, 0.05) is 6.54 Å². The third-order valence-corrected chi connectivity index (χ3v) is 1.17. The Hall–Kier alpha value is -1.13. The number of carbonyl (C=O) groups is 2. The average molecular weight is 163 g/mol. The first kappa shape index (κ1) is 9.87. The summed E-state index contributed by atoms with van der Waals surface area (Å²) in [5.74, 6) is -1.91. The van der Waals surface area contributed by atoms with Gasteiger partial charge in [-0.25, -0.2) is 4.39 Å². The van der Waals surface area contributed by atoms with Gasteiger partial charge < -0.3 is 10.0 Å². The SMILES string of the molecule is CCN(CC(=O)O)C(=O)CF. The van der Waals surface area contributed by atoms with E-state index in [1.54, 1.807) is 6.92 Å². The molecule has 0 aliphatic carbocycles. The number of hydrogen-bond acceptors (Lipinski definition) is 2. The maximum Gasteiger partial charge on any atom is 0.323 e. The number of aliphatic carboxylic acids is 1. The van der Waals surface area contributed by atoms with Crippen molar-refractivity contribution < 1.29 is 19.1 Å². The minimum absolute atomic E-state index is 0.217. The van der Waals surface area contributed by atoms with Gasteiger partial charge in [0.15, 0.2) is 6.67 Å². The first-order valence-corrected chi connectivity index (χ1v) is 3.17. The molecule has 0 unspecified atom stereocenters. The summed E-state index contributed by atoms with van der Waals surface area (Å²) in [6.07, 6.45) is 0. The van der Waals surface area contributed by atoms with Crippen molar-refractivity contribution in [1.82, 2.24) is 4.90 Å². The maximum absolute atomic E-state index is 11.7. The van der Waals surface area contributed by atoms with Crippen LogP contribution in [0.25, 0.3) is 0 Å². The molecule has 0 fully saturated rings. The van der Waals surface area contributed by atoms with Gasteiger partial charge in [0.1, 0.15) is 6.54 Å². The van der Waals surface area contributed by atoms with Crippen molar-refractivity contribution >= 4 is 11.9 Å². The lowest BCUT2D eigenvalue weighted by Crippen LogP contribution is -2.36. The molecule has 64 valence electrons. The highest BCUT2D eigenvalue weighted by molar-refractivity contribution is 5.81. The van der Waals surface area contributed by atoms with Crippen molar-refractivity contribution in [2.45, 2.75) is 6.92 Å². The lowest BCUT2D eigenvalue weighted by Gasteiger charge is -2.15. The Balaban J connectivity index is 3.94. The highest BCUT2D eigenvalue weighted by Gasteiger charge is 2.13. The Morgan fingerprint density at radius 2 is 2.09 bits per heavy atom. The Kier molecular flexibility index (Phi) is 4.17. The van der Waals surface area contributed by atoms with Crippen LogP contribution in [0.3, 0.4) is 0 Å². The second-order valence-corrected chi connectivity index (χ2v) is 1.94. The molecule has 0 bridgehead atoms. The van der Waals surface area contributed by atoms with E-state index in [4.69, 9.17) is 5.11 Å². The number of amides is 1. The molecule has 1 amide bonds. The van der Waals surface area contributed by atoms with Gasteiger partial charge in [-0.05, 0) is 6.92 Å². The molecule has 0 saturated carbocycles. The predicted octanol–water partition coefficient (Wildman–Crippen LogP) is -0.111. The second-order valence-electron chi connectivity index (χ2n) is 1.94. The van der Waals surface area contributed by atoms with E-state index in [9.17, 15) is 14.0 Å². The van der Waals surface area contributed by atoms with Crippen LogP contribution >= 0.6 is 0 Å². The van der Waals surface area contributed by atoms with Gasteiger partial charge in [-0.15, -0.1) is 0 Å². The summed E-state index contributed by atoms with van der Waals surface area (Å²) in [5.41, 5.74) is 0. The van der Waals surface area contributed by atoms with E-state index in [1.807, 2.05) is 0 Å². The first-order valence-electron chi connectivity index (χ1n) is 3.17. The Bertz CT molecular complexity index is 160. The van der Waals surface area contributed by atoms with E-state index in [1.165, 1.54) is 0 Å². The lowest BCUT2D eigenvalue weighted by atomic mass is 10.4. The zero-order valence-corrected chi connectivity index (χ0v) is 6.21. The minimum Gasteiger partial charge on any atom is -0.480 e. The van der Waals surface area contributed by atoms with Crippen LogP contribution in [0.4, 0.5) is 4.39 Å². The number of nitrogens with zero attached hydrogens (tertiary/aromatic N) is 1. The first-order chi connectivity index (χ1) is 5.11. The summed E-state index contributed by atoms with van der Waals surface area (Å²) in [6.45, 7) is 0.242. The number of rotatable bonds is 4. The van der Waals surface area contributed by atoms with E-state index in [-0.39, 0.29) is 6.54 Å². The molecule has 0 spiro atoms. The number of carboxylic acids is 1. The molecule has 0 aromatic rings. The fourth-order valence-electron chi connectivity index (χ4n) is 0.624. The van der Waals surface area contributed by atoms with E-state index < -0.39 is 25.1 Å². The standard InChI is InChI=1S/C6H10FNO3/c1-2-8(4-6(10)11)5(9)3-7/h2-4H2,1H3,(H,10,11). The summed E-state index contributed by atoms with van der Waals surface area (Å²) in [6, 6.07) is 0. The van der Waals surface area contributed by atoms with Gasteiger partial charge in [-0.1, -0.05) is 0 Å². The van der Waals surface area contributed by atoms with Crippen molar-refractivity contribution in [1.29, 1.82) is 0 Å². The van der Waals surface area contributed by atoms with Gasteiger partial charge in [0.2, 0.25) is 0 Å². The van der Waals surface area contributed by atoms with E-state index in [0.29, 0.717) is 0 Å². The largest absolute Gasteiger partial charge is 0.480 e. The highest BCUT2D eigenvalue weighted by Crippen LogP contribution is 1.89. The third kappa shape index (κ3) is 3.54. The molecular formula is C6H10FNO3. The third-order valence-electron chi connectivity index (χ3n) is 1.17. The molecule has 0 radical (unpaired) electrons. The molecule has 5 heteroatoms. The van der Waals surface area contributed by atoms with Crippen LogP contribution in [-0.4, -0.2) is 41.6 Å². The van der Waals surface area contributed by atoms with Crippen LogP contribution in [0.2, 0.25) is 0 Å². The number of halogens is 1. The fraction of sp³-hybridized carbons (Fsp3) is 0.667. The monoisotopic (exact) mass is 163 g/mol. The fourth-order valence-corrected chi connectivity index (χ4v) is 0.624. The number of carbonyl (C=O) groups excluding carboxylic acids is 1. The van der Waals surface area contributed by atoms with Crippen molar-refractivity contribution in [2.75, 3.05) is 19.8 Å². The van der Waals surface area contributed by atoms with Crippen LogP contribution in [-0.2, 0) is 9.59 Å². The van der Waals surface area contributed by atoms with Gasteiger partial charge >= 0.3 is 5.97 Å². The van der Waals surface area contributed by atoms with Gasteiger partial charge in [-0.2, -0.15) is 0 Å². The summed E-state index contributed by atoms with van der Waals surface area (Å²) in [5, 5.41) is 8.24. The Morgan fingerprint density at radius 3 is 2.36 bits per heavy atom. The van der Waals surface area contributed by atoms with Crippen molar-refractivity contribution in [2.24, 2.45) is 0 Å². The van der Waals surface area contributed by atoms with Gasteiger partial charge in [-0.3, -0.25) is 9.59 Å². The molecule has 0 aromatic heterocycles. The number of likely N-dealkylation sites (N-methyl/N-ethyl adjacent to an activating group) is 1. The molecular weight excluding hydrogens is 153 g/mol. The predicted molar refractivity (Wildman–Crippen MR) is 35.9 cm³/mol. The Morgan fingerprint density at radius 1 is 1.55 bits per heavy atom. The maximum atomic E-state index is 11.7. The second kappa shape index (κ2) is 4.65. The van der Waals surface area contributed by atoms with Gasteiger partial charge in [0.05, 0.1) is 0 Å². The van der Waals surface area contributed by atoms with E-state index in [0.717, 1.165) is 4.90 Å². The minimum atomic E-state index is -1.14.